The molecule has 0 aliphatic heterocycles. The molecular weight excluding hydrogens is 465 g/mol. The molecule has 156 valence electrons. The predicted octanol–water partition coefficient (Wildman–Crippen LogP) is 4.67. The maximum atomic E-state index is 12.4. The van der Waals surface area contributed by atoms with Gasteiger partial charge >= 0.3 is 172 Å². The van der Waals surface area contributed by atoms with E-state index < -0.39 is 28.4 Å². The molecule has 6 heteroatoms. The Morgan fingerprint density at radius 2 is 1.37 bits per heavy atom. The quantitative estimate of drug-likeness (QED) is 0.279. The molecule has 1 aromatic carbocycles. The molecule has 0 aliphatic rings. The molecule has 1 N–H and O–H groups in total. The van der Waals surface area contributed by atoms with Crippen LogP contribution in [0.3, 0.4) is 0 Å². The zero-order valence-corrected chi connectivity index (χ0v) is 21.4. The van der Waals surface area contributed by atoms with Crippen molar-refractivity contribution in [3.05, 3.63) is 24.3 Å². The Hall–Kier alpha value is -0.111. The summed E-state index contributed by atoms with van der Waals surface area (Å²) in [5, 5.41) is 0. The summed E-state index contributed by atoms with van der Waals surface area (Å²) in [7, 11) is -1.88. The third-order valence-corrected chi connectivity index (χ3v) is 22.5. The van der Waals surface area contributed by atoms with E-state index in [4.69, 9.17) is 4.74 Å². The minimum atomic E-state index is -3.45. The van der Waals surface area contributed by atoms with Gasteiger partial charge in [-0.15, -0.1) is 0 Å². The van der Waals surface area contributed by atoms with Crippen molar-refractivity contribution in [3.8, 4) is 0 Å². The molecule has 4 nitrogen and oxygen atoms in total. The van der Waals surface area contributed by atoms with E-state index in [2.05, 4.69) is 37.6 Å². The van der Waals surface area contributed by atoms with Crippen LogP contribution in [-0.2, 0) is 14.8 Å². The van der Waals surface area contributed by atoms with Gasteiger partial charge in [0.1, 0.15) is 0 Å². The van der Waals surface area contributed by atoms with Crippen LogP contribution in [0.4, 0.5) is 0 Å². The number of methoxy groups -OCH3 is 1. The monoisotopic (exact) mass is 505 g/mol. The molecule has 0 atom stereocenters. The van der Waals surface area contributed by atoms with Crippen LogP contribution >= 0.6 is 0 Å². The van der Waals surface area contributed by atoms with Crippen molar-refractivity contribution in [2.45, 2.75) is 77.5 Å². The van der Waals surface area contributed by atoms with Gasteiger partial charge in [-0.3, -0.25) is 0 Å². The van der Waals surface area contributed by atoms with Crippen molar-refractivity contribution >= 4 is 32.0 Å². The normalized spacial score (nSPS) is 12.4. The first kappa shape index (κ1) is 24.9. The molecule has 27 heavy (non-hydrogen) atoms. The second kappa shape index (κ2) is 13.2. The van der Waals surface area contributed by atoms with Crippen LogP contribution in [0.2, 0.25) is 13.3 Å². The van der Waals surface area contributed by atoms with Gasteiger partial charge in [0.15, 0.2) is 0 Å². The van der Waals surface area contributed by atoms with Crippen LogP contribution in [0.1, 0.15) is 59.3 Å². The molecule has 0 bridgehead atoms. The van der Waals surface area contributed by atoms with Gasteiger partial charge in [-0.2, -0.15) is 0 Å². The molecule has 0 heterocycles. The SMILES string of the molecule is CCC[CH2][Sn]([CH2]CCC)([CH2]CCC)[c]1ccc(S(=O)(=O)NCCOC)cc1. The Morgan fingerprint density at radius 3 is 1.78 bits per heavy atom. The third-order valence-electron chi connectivity index (χ3n) is 5.40. The van der Waals surface area contributed by atoms with Crippen molar-refractivity contribution in [1.29, 1.82) is 0 Å². The number of unbranched alkanes of at least 4 members (excludes halogenated alkanes) is 3. The van der Waals surface area contributed by atoms with Crippen LogP contribution in [0.25, 0.3) is 0 Å². The number of benzene rings is 1. The first-order valence-corrected chi connectivity index (χ1v) is 19.5. The van der Waals surface area contributed by atoms with E-state index in [-0.39, 0.29) is 0 Å². The van der Waals surface area contributed by atoms with E-state index >= 15 is 0 Å². The second-order valence-corrected chi connectivity index (χ2v) is 22.5. The Labute approximate surface area is 171 Å². The summed E-state index contributed by atoms with van der Waals surface area (Å²) in [6, 6.07) is 7.92. The van der Waals surface area contributed by atoms with E-state index in [1.54, 1.807) is 7.11 Å². The van der Waals surface area contributed by atoms with Crippen molar-refractivity contribution in [2.75, 3.05) is 20.3 Å². The van der Waals surface area contributed by atoms with Gasteiger partial charge in [-0.05, 0) is 0 Å². The molecule has 1 rings (SSSR count). The number of ether oxygens (including phenoxy) is 1. The number of rotatable bonds is 15. The maximum absolute atomic E-state index is 12.4. The Bertz CT molecular complexity index is 595. The molecule has 0 aliphatic carbocycles. The van der Waals surface area contributed by atoms with Gasteiger partial charge in [-0.25, -0.2) is 0 Å². The van der Waals surface area contributed by atoms with Gasteiger partial charge in [0.2, 0.25) is 0 Å². The molecule has 0 aromatic heterocycles. The molecule has 0 amide bonds. The molecule has 0 saturated carbocycles. The van der Waals surface area contributed by atoms with Crippen LogP contribution in [0.5, 0.6) is 0 Å². The Kier molecular flexibility index (Phi) is 12.2. The zero-order chi connectivity index (χ0) is 20.2. The molecule has 0 unspecified atom stereocenters. The Balaban J connectivity index is 3.10. The molecule has 0 saturated heterocycles. The van der Waals surface area contributed by atoms with Gasteiger partial charge in [0.25, 0.3) is 0 Å². The topological polar surface area (TPSA) is 55.4 Å². The molecular formula is C21H39NO3SSn. The second-order valence-electron chi connectivity index (χ2n) is 7.51. The molecule has 0 radical (unpaired) electrons. The van der Waals surface area contributed by atoms with E-state index in [1.165, 1.54) is 55.4 Å². The fourth-order valence-electron chi connectivity index (χ4n) is 3.70. The van der Waals surface area contributed by atoms with Crippen LogP contribution in [0, 0.1) is 0 Å². The standard InChI is InChI=1S/C9H12NO3S.3C4H9.Sn/c1-13-8-7-10-14(11,12)9-5-3-2-4-6-9;3*1-3-4-2;/h3-6,10H,7-8H2,1H3;3*1,3-4H2,2H3;. The van der Waals surface area contributed by atoms with Crippen molar-refractivity contribution in [3.63, 3.8) is 0 Å². The van der Waals surface area contributed by atoms with Gasteiger partial charge in [0, 0.05) is 0 Å². The fraction of sp³-hybridized carbons (Fsp3) is 0.714. The summed E-state index contributed by atoms with van der Waals surface area (Å²) in [6.07, 6.45) is 7.65. The van der Waals surface area contributed by atoms with Crippen molar-refractivity contribution in [1.82, 2.24) is 4.72 Å². The zero-order valence-electron chi connectivity index (χ0n) is 17.7. The van der Waals surface area contributed by atoms with Gasteiger partial charge < -0.3 is 0 Å². The number of sulfonamides is 1. The van der Waals surface area contributed by atoms with E-state index in [1.807, 2.05) is 12.1 Å². The summed E-state index contributed by atoms with van der Waals surface area (Å²) in [5.74, 6) is 0. The van der Waals surface area contributed by atoms with E-state index in [0.29, 0.717) is 18.0 Å². The van der Waals surface area contributed by atoms with Crippen LogP contribution < -0.4 is 8.30 Å². The number of hydrogen-bond acceptors (Lipinski definition) is 3. The van der Waals surface area contributed by atoms with E-state index in [0.717, 1.165) is 0 Å². The number of nitrogens with one attached hydrogen (secondary N) is 1. The minimum absolute atomic E-state index is 0.299. The average molecular weight is 504 g/mol. The molecule has 0 fully saturated rings. The summed E-state index contributed by atoms with van der Waals surface area (Å²) in [6.45, 7) is 7.50. The van der Waals surface area contributed by atoms with Gasteiger partial charge in [-0.1, -0.05) is 0 Å². The summed E-state index contributed by atoms with van der Waals surface area (Å²) in [5.41, 5.74) is 0. The summed E-state index contributed by atoms with van der Waals surface area (Å²) < 4.78 is 38.1. The summed E-state index contributed by atoms with van der Waals surface area (Å²) >= 11 is -2.48. The van der Waals surface area contributed by atoms with Crippen LogP contribution in [-0.4, -0.2) is 47.1 Å². The van der Waals surface area contributed by atoms with Gasteiger partial charge in [0.05, 0.1) is 0 Å². The van der Waals surface area contributed by atoms with Crippen molar-refractivity contribution < 1.29 is 13.2 Å². The molecule has 1 aromatic rings. The summed E-state index contributed by atoms with van der Waals surface area (Å²) in [4.78, 5) is 0.365. The average Bonchev–Trinajstić information content (AvgIpc) is 2.68. The number of hydrogen-bond donors (Lipinski definition) is 1. The molecule has 0 spiro atoms. The predicted molar refractivity (Wildman–Crippen MR) is 118 cm³/mol. The first-order chi connectivity index (χ1) is 13.0. The van der Waals surface area contributed by atoms with Crippen LogP contribution in [0.15, 0.2) is 29.2 Å². The Morgan fingerprint density at radius 1 is 0.889 bits per heavy atom. The first-order valence-electron chi connectivity index (χ1n) is 10.5. The van der Waals surface area contributed by atoms with E-state index in [9.17, 15) is 8.42 Å². The fourth-order valence-corrected chi connectivity index (χ4v) is 20.6. The third kappa shape index (κ3) is 8.03. The van der Waals surface area contributed by atoms with Crippen molar-refractivity contribution in [2.24, 2.45) is 0 Å².